The van der Waals surface area contributed by atoms with Crippen LogP contribution in [0.25, 0.3) is 0 Å². The highest BCUT2D eigenvalue weighted by atomic mass is 15.0. The van der Waals surface area contributed by atoms with Gasteiger partial charge < -0.3 is 5.32 Å². The van der Waals surface area contributed by atoms with E-state index in [0.717, 1.165) is 6.67 Å². The van der Waals surface area contributed by atoms with Gasteiger partial charge in [0.2, 0.25) is 0 Å². The number of aliphatic imine (C=N–C) groups is 1. The molecule has 1 aliphatic heterocycles. The maximum atomic E-state index is 4.34. The molecule has 1 N–H and O–H groups in total. The van der Waals surface area contributed by atoms with Crippen LogP contribution in [-0.2, 0) is 11.8 Å². The van der Waals surface area contributed by atoms with E-state index >= 15 is 0 Å². The predicted molar refractivity (Wildman–Crippen MR) is 78.5 cm³/mol. The molecular weight excluding hydrogens is 232 g/mol. The largest absolute Gasteiger partial charge is 0.369 e. The molecule has 0 amide bonds. The first-order chi connectivity index (χ1) is 9.28. The van der Waals surface area contributed by atoms with Crippen molar-refractivity contribution in [3.8, 4) is 0 Å². The van der Waals surface area contributed by atoms with Gasteiger partial charge in [-0.15, -0.1) is 0 Å². The summed E-state index contributed by atoms with van der Waals surface area (Å²) < 4.78 is 0. The molecule has 0 saturated carbocycles. The zero-order chi connectivity index (χ0) is 12.9. The number of benzene rings is 1. The van der Waals surface area contributed by atoms with Crippen molar-refractivity contribution in [3.05, 3.63) is 46.2 Å². The Morgan fingerprint density at radius 2 is 2.11 bits per heavy atom. The van der Waals surface area contributed by atoms with Crippen LogP contribution in [0.2, 0.25) is 0 Å². The molecule has 1 aromatic carbocycles. The van der Waals surface area contributed by atoms with Crippen LogP contribution in [0.3, 0.4) is 0 Å². The van der Waals surface area contributed by atoms with Crippen LogP contribution in [-0.4, -0.2) is 12.9 Å². The Balaban J connectivity index is 1.77. The summed E-state index contributed by atoms with van der Waals surface area (Å²) in [7, 11) is 0. The fourth-order valence-corrected chi connectivity index (χ4v) is 4.15. The lowest BCUT2D eigenvalue weighted by Gasteiger charge is -2.37. The fraction of sp³-hybridized carbons (Fsp3) is 0.471. The second-order valence-electron chi connectivity index (χ2n) is 6.21. The molecule has 0 aromatic heterocycles. The third-order valence-electron chi connectivity index (χ3n) is 5.24. The molecular formula is C17H20N2. The van der Waals surface area contributed by atoms with Gasteiger partial charge in [0.1, 0.15) is 6.67 Å². The highest BCUT2D eigenvalue weighted by molar-refractivity contribution is 5.81. The third kappa shape index (κ3) is 1.59. The molecule has 1 unspecified atom stereocenters. The number of hydrogen-bond acceptors (Lipinski definition) is 2. The summed E-state index contributed by atoms with van der Waals surface area (Å²) in [5, 5.41) is 3.50. The molecule has 1 spiro atoms. The van der Waals surface area contributed by atoms with Gasteiger partial charge in [-0.05, 0) is 61.3 Å². The molecule has 2 heteroatoms. The number of nitrogens with one attached hydrogen (secondary N) is 1. The van der Waals surface area contributed by atoms with Gasteiger partial charge in [0.05, 0.1) is 0 Å². The van der Waals surface area contributed by atoms with Crippen molar-refractivity contribution < 1.29 is 0 Å². The fourth-order valence-electron chi connectivity index (χ4n) is 4.15. The first-order valence-electron chi connectivity index (χ1n) is 7.33. The Labute approximate surface area is 114 Å². The molecule has 98 valence electrons. The number of nitrogens with zero attached hydrogens (tertiary/aromatic N) is 1. The molecule has 2 nitrogen and oxygen atoms in total. The normalized spacial score (nSPS) is 28.3. The Kier molecular flexibility index (Phi) is 2.35. The Bertz CT molecular complexity index is 597. The Morgan fingerprint density at radius 1 is 1.21 bits per heavy atom. The van der Waals surface area contributed by atoms with Crippen LogP contribution in [0.15, 0.2) is 34.5 Å². The molecule has 0 fully saturated rings. The summed E-state index contributed by atoms with van der Waals surface area (Å²) in [5.74, 6) is 0. The van der Waals surface area contributed by atoms with Crippen molar-refractivity contribution in [1.82, 2.24) is 5.32 Å². The van der Waals surface area contributed by atoms with Crippen LogP contribution < -0.4 is 5.32 Å². The van der Waals surface area contributed by atoms with Gasteiger partial charge >= 0.3 is 0 Å². The zero-order valence-corrected chi connectivity index (χ0v) is 11.5. The molecule has 3 aliphatic rings. The van der Waals surface area contributed by atoms with E-state index in [1.54, 1.807) is 11.1 Å². The van der Waals surface area contributed by atoms with E-state index in [0.29, 0.717) is 5.41 Å². The minimum Gasteiger partial charge on any atom is -0.369 e. The second-order valence-corrected chi connectivity index (χ2v) is 6.21. The number of allylic oxidation sites excluding steroid dienone is 2. The van der Waals surface area contributed by atoms with Crippen LogP contribution in [0.5, 0.6) is 0 Å². The topological polar surface area (TPSA) is 24.4 Å². The van der Waals surface area contributed by atoms with Gasteiger partial charge in [0.15, 0.2) is 0 Å². The Hall–Kier alpha value is -1.57. The van der Waals surface area contributed by atoms with Crippen LogP contribution >= 0.6 is 0 Å². The number of fused-ring (bicyclic) bond motifs is 2. The number of aryl methyl sites for hydroxylation is 1. The van der Waals surface area contributed by atoms with Crippen LogP contribution in [0.1, 0.15) is 42.4 Å². The van der Waals surface area contributed by atoms with Gasteiger partial charge in [0, 0.05) is 17.3 Å². The highest BCUT2D eigenvalue weighted by Crippen LogP contribution is 2.50. The van der Waals surface area contributed by atoms with Crippen LogP contribution in [0, 0.1) is 6.92 Å². The van der Waals surface area contributed by atoms with Gasteiger partial charge in [-0.1, -0.05) is 18.2 Å². The lowest BCUT2D eigenvalue weighted by atomic mass is 9.69. The molecule has 2 aliphatic carbocycles. The zero-order valence-electron chi connectivity index (χ0n) is 11.5. The van der Waals surface area contributed by atoms with E-state index in [9.17, 15) is 0 Å². The van der Waals surface area contributed by atoms with Crippen molar-refractivity contribution >= 4 is 6.21 Å². The summed E-state index contributed by atoms with van der Waals surface area (Å²) >= 11 is 0. The summed E-state index contributed by atoms with van der Waals surface area (Å²) in [5.41, 5.74) is 8.03. The average molecular weight is 252 g/mol. The summed E-state index contributed by atoms with van der Waals surface area (Å²) in [6, 6.07) is 6.87. The minimum absolute atomic E-state index is 0.401. The van der Waals surface area contributed by atoms with E-state index in [1.165, 1.54) is 48.9 Å². The monoisotopic (exact) mass is 252 g/mol. The molecule has 0 bridgehead atoms. The van der Waals surface area contributed by atoms with Crippen molar-refractivity contribution in [2.75, 3.05) is 6.67 Å². The number of hydrogen-bond donors (Lipinski definition) is 1. The average Bonchev–Trinajstić information content (AvgIpc) is 2.79. The summed E-state index contributed by atoms with van der Waals surface area (Å²) in [6.45, 7) is 3.02. The number of rotatable bonds is 0. The van der Waals surface area contributed by atoms with E-state index < -0.39 is 0 Å². The summed E-state index contributed by atoms with van der Waals surface area (Å²) in [6.07, 6.45) is 8.33. The third-order valence-corrected chi connectivity index (χ3v) is 5.24. The Morgan fingerprint density at radius 3 is 3.05 bits per heavy atom. The molecule has 1 heterocycles. The van der Waals surface area contributed by atoms with Crippen molar-refractivity contribution in [2.24, 2.45) is 4.99 Å². The summed E-state index contributed by atoms with van der Waals surface area (Å²) in [4.78, 5) is 4.34. The predicted octanol–water partition coefficient (Wildman–Crippen LogP) is 3.25. The minimum atomic E-state index is 0.401. The molecule has 0 saturated heterocycles. The van der Waals surface area contributed by atoms with Gasteiger partial charge in [-0.2, -0.15) is 0 Å². The van der Waals surface area contributed by atoms with E-state index in [-0.39, 0.29) is 0 Å². The maximum absolute atomic E-state index is 4.34. The van der Waals surface area contributed by atoms with Crippen molar-refractivity contribution in [2.45, 2.75) is 44.4 Å². The lowest BCUT2D eigenvalue weighted by Crippen LogP contribution is -2.34. The molecule has 0 radical (unpaired) electrons. The molecule has 1 aromatic rings. The maximum Gasteiger partial charge on any atom is 0.107 e. The lowest BCUT2D eigenvalue weighted by molar-refractivity contribution is 0.359. The smallest absolute Gasteiger partial charge is 0.107 e. The van der Waals surface area contributed by atoms with E-state index in [1.807, 2.05) is 0 Å². The standard InChI is InChI=1S/C17H20N2/c1-12-3-2-4-15-14(12)6-8-17(15)7-5-13-10-18-11-19-16(13)9-17/h2-4,10,19H,5-9,11H2,1H3. The van der Waals surface area contributed by atoms with E-state index in [4.69, 9.17) is 0 Å². The van der Waals surface area contributed by atoms with Crippen molar-refractivity contribution in [1.29, 1.82) is 0 Å². The quantitative estimate of drug-likeness (QED) is 0.753. The molecule has 1 atom stereocenters. The highest BCUT2D eigenvalue weighted by Gasteiger charge is 2.42. The van der Waals surface area contributed by atoms with Crippen molar-refractivity contribution in [3.63, 3.8) is 0 Å². The van der Waals surface area contributed by atoms with E-state index in [2.05, 4.69) is 41.6 Å². The second kappa shape index (κ2) is 3.96. The van der Waals surface area contributed by atoms with Gasteiger partial charge in [0.25, 0.3) is 0 Å². The first-order valence-corrected chi connectivity index (χ1v) is 7.33. The van der Waals surface area contributed by atoms with Gasteiger partial charge in [-0.25, -0.2) is 0 Å². The first kappa shape index (κ1) is 11.3. The molecule has 4 rings (SSSR count). The van der Waals surface area contributed by atoms with Crippen LogP contribution in [0.4, 0.5) is 0 Å². The SMILES string of the molecule is Cc1cccc2c1CCC21CCC2=C(C1)NCN=C2. The van der Waals surface area contributed by atoms with Gasteiger partial charge in [-0.3, -0.25) is 4.99 Å². The molecule has 19 heavy (non-hydrogen) atoms.